The standard InChI is InChI=1S/C64H46Si/c1-9-25-47(26-10-1)61(48-27-11-2-12-28-48)63(51-33-17-5-18-34-51)53-41-43-57-58-44-42-54(46-60(58)65(59(57)45-53,55-37-21-7-22-38-55)56-39-23-8-24-40-56)64(52-35-19-6-20-36-52)62(49-29-13-3-14-30-49)50-31-15-4-16-32-50/h1-46H. The highest BCUT2D eigenvalue weighted by Gasteiger charge is 2.49. The van der Waals surface area contributed by atoms with Gasteiger partial charge in [-0.1, -0.05) is 279 Å². The Morgan fingerprint density at radius 2 is 0.415 bits per heavy atom. The fourth-order valence-corrected chi connectivity index (χ4v) is 15.5. The maximum atomic E-state index is 2.57. The largest absolute Gasteiger partial charge is 0.180 e. The molecule has 10 aromatic rings. The highest BCUT2D eigenvalue weighted by molar-refractivity contribution is 7.22. The molecule has 10 aromatic carbocycles. The van der Waals surface area contributed by atoms with Crippen molar-refractivity contribution in [2.45, 2.75) is 0 Å². The predicted octanol–water partition coefficient (Wildman–Crippen LogP) is 13.1. The first-order chi connectivity index (χ1) is 32.3. The van der Waals surface area contributed by atoms with Crippen molar-refractivity contribution in [2.75, 3.05) is 0 Å². The quantitative estimate of drug-likeness (QED) is 0.0950. The molecule has 0 saturated carbocycles. The zero-order valence-electron chi connectivity index (χ0n) is 36.1. The SMILES string of the molecule is c1ccc(C(=C(c2ccccc2)c2ccc3c(c2)[Si](c2ccccc2)(c2ccccc2)c2cc(C(=C(c4ccccc4)c4ccccc4)c4ccccc4)ccc2-3)c2ccccc2)cc1. The van der Waals surface area contributed by atoms with E-state index in [1.54, 1.807) is 0 Å². The summed E-state index contributed by atoms with van der Waals surface area (Å²) in [5.41, 5.74) is 17.0. The lowest BCUT2D eigenvalue weighted by Crippen LogP contribution is -2.72. The Bertz CT molecular complexity index is 2980. The van der Waals surface area contributed by atoms with E-state index in [1.165, 1.54) is 98.7 Å². The van der Waals surface area contributed by atoms with Gasteiger partial charge in [-0.15, -0.1) is 0 Å². The number of rotatable bonds is 10. The van der Waals surface area contributed by atoms with Crippen LogP contribution in [0.3, 0.4) is 0 Å². The van der Waals surface area contributed by atoms with Crippen molar-refractivity contribution >= 4 is 51.1 Å². The Morgan fingerprint density at radius 1 is 0.200 bits per heavy atom. The van der Waals surface area contributed by atoms with E-state index >= 15 is 0 Å². The Hall–Kier alpha value is -8.10. The van der Waals surface area contributed by atoms with E-state index < -0.39 is 8.07 Å². The van der Waals surface area contributed by atoms with E-state index in [0.29, 0.717) is 0 Å². The van der Waals surface area contributed by atoms with Gasteiger partial charge in [0.15, 0.2) is 8.07 Å². The fraction of sp³-hybridized carbons (Fsp3) is 0. The molecule has 0 aromatic heterocycles. The summed E-state index contributed by atoms with van der Waals surface area (Å²) in [4.78, 5) is 0. The number of fused-ring (bicyclic) bond motifs is 3. The van der Waals surface area contributed by atoms with Crippen LogP contribution >= 0.6 is 0 Å². The molecule has 0 nitrogen and oxygen atoms in total. The van der Waals surface area contributed by atoms with Gasteiger partial charge in [-0.3, -0.25) is 0 Å². The highest BCUT2D eigenvalue weighted by atomic mass is 28.3. The minimum atomic E-state index is -3.01. The molecule has 0 aliphatic carbocycles. The summed E-state index contributed by atoms with van der Waals surface area (Å²) in [5.74, 6) is 0. The second kappa shape index (κ2) is 17.6. The summed E-state index contributed by atoms with van der Waals surface area (Å²) < 4.78 is 0. The van der Waals surface area contributed by atoms with Crippen LogP contribution in [-0.4, -0.2) is 8.07 Å². The van der Waals surface area contributed by atoms with Gasteiger partial charge in [-0.2, -0.15) is 0 Å². The van der Waals surface area contributed by atoms with Crippen LogP contribution in [0.5, 0.6) is 0 Å². The van der Waals surface area contributed by atoms with Crippen molar-refractivity contribution < 1.29 is 0 Å². The van der Waals surface area contributed by atoms with Crippen molar-refractivity contribution in [1.29, 1.82) is 0 Å². The molecule has 0 fully saturated rings. The second-order valence-electron chi connectivity index (χ2n) is 16.7. The van der Waals surface area contributed by atoms with Gasteiger partial charge >= 0.3 is 0 Å². The minimum Gasteiger partial charge on any atom is -0.0623 e. The molecular formula is C64H46Si. The van der Waals surface area contributed by atoms with Gasteiger partial charge in [-0.05, 0) is 98.7 Å². The van der Waals surface area contributed by atoms with Crippen molar-refractivity contribution in [1.82, 2.24) is 0 Å². The number of hydrogen-bond donors (Lipinski definition) is 0. The molecule has 1 aliphatic heterocycles. The van der Waals surface area contributed by atoms with Gasteiger partial charge in [0.25, 0.3) is 0 Å². The molecule has 1 heteroatoms. The predicted molar refractivity (Wildman–Crippen MR) is 278 cm³/mol. The zero-order chi connectivity index (χ0) is 43.4. The van der Waals surface area contributed by atoms with E-state index in [4.69, 9.17) is 0 Å². The van der Waals surface area contributed by atoms with Crippen molar-refractivity contribution in [3.63, 3.8) is 0 Å². The number of benzene rings is 10. The van der Waals surface area contributed by atoms with Crippen molar-refractivity contribution in [3.05, 3.63) is 324 Å². The van der Waals surface area contributed by atoms with Crippen LogP contribution in [-0.2, 0) is 0 Å². The van der Waals surface area contributed by atoms with Gasteiger partial charge in [0.1, 0.15) is 0 Å². The van der Waals surface area contributed by atoms with Crippen LogP contribution in [0.15, 0.2) is 279 Å². The molecule has 0 amide bonds. The molecule has 0 saturated heterocycles. The second-order valence-corrected chi connectivity index (χ2v) is 20.4. The third-order valence-electron chi connectivity index (χ3n) is 13.0. The molecule has 11 rings (SSSR count). The fourth-order valence-electron chi connectivity index (χ4n) is 10.3. The molecule has 0 atom stereocenters. The van der Waals surface area contributed by atoms with E-state index in [2.05, 4.69) is 279 Å². The van der Waals surface area contributed by atoms with Crippen LogP contribution in [0.4, 0.5) is 0 Å². The third kappa shape index (κ3) is 7.23. The molecule has 0 bridgehead atoms. The molecule has 306 valence electrons. The Kier molecular flexibility index (Phi) is 10.7. The molecule has 0 spiro atoms. The molecule has 65 heavy (non-hydrogen) atoms. The molecular weight excluding hydrogens is 797 g/mol. The van der Waals surface area contributed by atoms with Gasteiger partial charge in [0.2, 0.25) is 0 Å². The summed E-state index contributed by atoms with van der Waals surface area (Å²) >= 11 is 0. The average Bonchev–Trinajstić information content (AvgIpc) is 3.68. The summed E-state index contributed by atoms with van der Waals surface area (Å²) in [6, 6.07) is 103. The lowest BCUT2D eigenvalue weighted by Gasteiger charge is -2.32. The van der Waals surface area contributed by atoms with Gasteiger partial charge < -0.3 is 0 Å². The lowest BCUT2D eigenvalue weighted by atomic mass is 9.85. The van der Waals surface area contributed by atoms with Crippen LogP contribution in [0.25, 0.3) is 33.4 Å². The summed E-state index contributed by atoms with van der Waals surface area (Å²) in [5, 5.41) is 5.55. The Labute approximate surface area is 383 Å². The first kappa shape index (κ1) is 39.7. The molecule has 0 unspecified atom stereocenters. The molecule has 0 radical (unpaired) electrons. The molecule has 0 N–H and O–H groups in total. The monoisotopic (exact) mass is 842 g/mol. The normalized spacial score (nSPS) is 12.1. The van der Waals surface area contributed by atoms with E-state index in [1.807, 2.05) is 0 Å². The first-order valence-electron chi connectivity index (χ1n) is 22.5. The van der Waals surface area contributed by atoms with Gasteiger partial charge in [-0.25, -0.2) is 0 Å². The number of hydrogen-bond acceptors (Lipinski definition) is 0. The lowest BCUT2D eigenvalue weighted by molar-refractivity contribution is 1.50. The van der Waals surface area contributed by atoms with E-state index in [-0.39, 0.29) is 0 Å². The van der Waals surface area contributed by atoms with Crippen molar-refractivity contribution in [2.24, 2.45) is 0 Å². The minimum absolute atomic E-state index is 1.19. The zero-order valence-corrected chi connectivity index (χ0v) is 37.1. The van der Waals surface area contributed by atoms with Crippen molar-refractivity contribution in [3.8, 4) is 11.1 Å². The molecule has 1 heterocycles. The van der Waals surface area contributed by atoms with Crippen LogP contribution in [0.2, 0.25) is 0 Å². The highest BCUT2D eigenvalue weighted by Crippen LogP contribution is 2.41. The van der Waals surface area contributed by atoms with Crippen LogP contribution in [0.1, 0.15) is 44.5 Å². The smallest absolute Gasteiger partial charge is 0.0623 e. The maximum absolute atomic E-state index is 3.01. The molecule has 1 aliphatic rings. The summed E-state index contributed by atoms with van der Waals surface area (Å²) in [6.45, 7) is 0. The Morgan fingerprint density at radius 3 is 0.662 bits per heavy atom. The summed E-state index contributed by atoms with van der Waals surface area (Å²) in [7, 11) is -3.01. The van der Waals surface area contributed by atoms with E-state index in [0.717, 1.165) is 0 Å². The van der Waals surface area contributed by atoms with Gasteiger partial charge in [0, 0.05) is 0 Å². The first-order valence-corrected chi connectivity index (χ1v) is 24.5. The van der Waals surface area contributed by atoms with E-state index in [9.17, 15) is 0 Å². The average molecular weight is 843 g/mol. The summed E-state index contributed by atoms with van der Waals surface area (Å²) in [6.07, 6.45) is 0. The van der Waals surface area contributed by atoms with Gasteiger partial charge in [0.05, 0.1) is 0 Å². The third-order valence-corrected chi connectivity index (χ3v) is 17.8. The Balaban J connectivity index is 1.25. The van der Waals surface area contributed by atoms with Crippen LogP contribution in [0, 0.1) is 0 Å². The maximum Gasteiger partial charge on any atom is 0.180 e. The van der Waals surface area contributed by atoms with Crippen LogP contribution < -0.4 is 20.7 Å². The topological polar surface area (TPSA) is 0 Å².